The van der Waals surface area contributed by atoms with Gasteiger partial charge in [-0.25, -0.2) is 0 Å². The summed E-state index contributed by atoms with van der Waals surface area (Å²) >= 11 is 5.92. The van der Waals surface area contributed by atoms with Gasteiger partial charge in [0.1, 0.15) is 38.5 Å². The number of likely N-dealkylation sites (N-methyl/N-ethyl adjacent to an activating group) is 1. The Morgan fingerprint density at radius 3 is 2.14 bits per heavy atom. The number of rotatable bonds is 7. The Labute approximate surface area is 172 Å². The van der Waals surface area contributed by atoms with Crippen molar-refractivity contribution in [2.75, 3.05) is 46.9 Å². The zero-order valence-electron chi connectivity index (χ0n) is 16.7. The molecule has 28 heavy (non-hydrogen) atoms. The van der Waals surface area contributed by atoms with Crippen LogP contribution in [0.15, 0.2) is 48.5 Å². The number of hydrogen-bond acceptors (Lipinski definition) is 2. The molecule has 3 rings (SSSR count). The molecule has 2 aromatic rings. The van der Waals surface area contributed by atoms with Gasteiger partial charge in [0.15, 0.2) is 6.54 Å². The van der Waals surface area contributed by atoms with E-state index in [2.05, 4.69) is 12.1 Å². The van der Waals surface area contributed by atoms with Gasteiger partial charge < -0.3 is 19.4 Å². The first-order valence-corrected chi connectivity index (χ1v) is 10.2. The predicted octanol–water partition coefficient (Wildman–Crippen LogP) is 0.291. The number of amides is 1. The fraction of sp³-hybridized carbons (Fsp3) is 0.409. The summed E-state index contributed by atoms with van der Waals surface area (Å²) in [7, 11) is 3.57. The topological polar surface area (TPSA) is 38.4 Å². The van der Waals surface area contributed by atoms with Crippen molar-refractivity contribution < 1.29 is 19.3 Å². The van der Waals surface area contributed by atoms with E-state index in [9.17, 15) is 4.79 Å². The smallest absolute Gasteiger partial charge is 0.277 e. The van der Waals surface area contributed by atoms with Crippen LogP contribution in [-0.2, 0) is 17.9 Å². The van der Waals surface area contributed by atoms with Crippen LogP contribution in [0.5, 0.6) is 5.75 Å². The average molecular weight is 404 g/mol. The van der Waals surface area contributed by atoms with Gasteiger partial charge in [0.25, 0.3) is 5.91 Å². The zero-order chi connectivity index (χ0) is 19.9. The third kappa shape index (κ3) is 5.96. The highest BCUT2D eigenvalue weighted by Crippen LogP contribution is 2.11. The minimum absolute atomic E-state index is 0.198. The first kappa shape index (κ1) is 20.6. The van der Waals surface area contributed by atoms with Crippen molar-refractivity contribution >= 4 is 17.5 Å². The molecule has 1 saturated heterocycles. The normalized spacial score (nSPS) is 19.2. The monoisotopic (exact) mass is 403 g/mol. The first-order chi connectivity index (χ1) is 13.5. The van der Waals surface area contributed by atoms with Gasteiger partial charge in [-0.15, -0.1) is 0 Å². The first-order valence-electron chi connectivity index (χ1n) is 9.82. The second-order valence-corrected chi connectivity index (χ2v) is 8.01. The van der Waals surface area contributed by atoms with E-state index in [-0.39, 0.29) is 5.91 Å². The number of carbonyl (C=O) groups excluding carboxylic acids is 1. The lowest BCUT2D eigenvalue weighted by molar-refractivity contribution is -1.02. The Morgan fingerprint density at radius 1 is 0.964 bits per heavy atom. The molecule has 6 heteroatoms. The van der Waals surface area contributed by atoms with Crippen LogP contribution in [0, 0.1) is 0 Å². The van der Waals surface area contributed by atoms with Gasteiger partial charge >= 0.3 is 0 Å². The lowest BCUT2D eigenvalue weighted by atomic mass is 10.2. The third-order valence-corrected chi connectivity index (χ3v) is 5.69. The number of halogens is 1. The molecule has 1 fully saturated rings. The van der Waals surface area contributed by atoms with E-state index in [4.69, 9.17) is 16.3 Å². The molecule has 1 aliphatic rings. The second-order valence-electron chi connectivity index (χ2n) is 7.58. The summed E-state index contributed by atoms with van der Waals surface area (Å²) in [5.74, 6) is 1.10. The molecule has 0 radical (unpaired) electrons. The third-order valence-electron chi connectivity index (χ3n) is 5.44. The number of hydrogen-bond donors (Lipinski definition) is 2. The van der Waals surface area contributed by atoms with Crippen molar-refractivity contribution in [3.8, 4) is 5.75 Å². The van der Waals surface area contributed by atoms with Crippen LogP contribution in [-0.4, -0.2) is 57.7 Å². The molecule has 0 aromatic heterocycles. The summed E-state index contributed by atoms with van der Waals surface area (Å²) in [6, 6.07) is 16.0. The predicted molar refractivity (Wildman–Crippen MR) is 111 cm³/mol. The largest absolute Gasteiger partial charge is 0.497 e. The lowest BCUT2D eigenvalue weighted by Crippen LogP contribution is -3.28. The Morgan fingerprint density at radius 2 is 1.54 bits per heavy atom. The summed E-state index contributed by atoms with van der Waals surface area (Å²) in [4.78, 5) is 17.3. The summed E-state index contributed by atoms with van der Waals surface area (Å²) in [5, 5.41) is 0.720. The number of carbonyl (C=O) groups is 1. The maximum Gasteiger partial charge on any atom is 0.277 e. The Balaban J connectivity index is 1.41. The Bertz CT molecular complexity index is 756. The summed E-state index contributed by atoms with van der Waals surface area (Å²) < 4.78 is 5.22. The van der Waals surface area contributed by atoms with Crippen LogP contribution in [0.4, 0.5) is 0 Å². The van der Waals surface area contributed by atoms with Crippen LogP contribution in [0.2, 0.25) is 5.02 Å². The maximum absolute atomic E-state index is 12.6. The van der Waals surface area contributed by atoms with Gasteiger partial charge in [-0.05, 0) is 42.0 Å². The van der Waals surface area contributed by atoms with Gasteiger partial charge in [-0.3, -0.25) is 4.79 Å². The van der Waals surface area contributed by atoms with E-state index in [0.29, 0.717) is 13.1 Å². The Hall–Kier alpha value is -2.08. The fourth-order valence-electron chi connectivity index (χ4n) is 3.64. The molecule has 1 amide bonds. The summed E-state index contributed by atoms with van der Waals surface area (Å²) in [5.41, 5.74) is 2.43. The molecular weight excluding hydrogens is 374 g/mol. The molecule has 0 atom stereocenters. The fourth-order valence-corrected chi connectivity index (χ4v) is 3.77. The molecule has 0 aliphatic carbocycles. The number of quaternary nitrogens is 2. The molecule has 0 unspecified atom stereocenters. The van der Waals surface area contributed by atoms with Gasteiger partial charge in [-0.2, -0.15) is 0 Å². The number of benzene rings is 2. The summed E-state index contributed by atoms with van der Waals surface area (Å²) in [6.45, 7) is 6.48. The lowest BCUT2D eigenvalue weighted by Gasteiger charge is -2.30. The van der Waals surface area contributed by atoms with Crippen molar-refractivity contribution in [3.63, 3.8) is 0 Å². The van der Waals surface area contributed by atoms with E-state index >= 15 is 0 Å². The van der Waals surface area contributed by atoms with Crippen molar-refractivity contribution in [3.05, 3.63) is 64.7 Å². The maximum atomic E-state index is 12.6. The highest BCUT2D eigenvalue weighted by molar-refractivity contribution is 6.30. The highest BCUT2D eigenvalue weighted by atomic mass is 35.5. The highest BCUT2D eigenvalue weighted by Gasteiger charge is 2.26. The molecule has 2 aromatic carbocycles. The van der Waals surface area contributed by atoms with Crippen LogP contribution < -0.4 is 14.5 Å². The number of nitrogens with one attached hydrogen (secondary N) is 2. The molecule has 2 N–H and O–H groups in total. The molecule has 5 nitrogen and oxygen atoms in total. The van der Waals surface area contributed by atoms with E-state index in [1.54, 1.807) is 12.0 Å². The average Bonchev–Trinajstić information content (AvgIpc) is 2.71. The van der Waals surface area contributed by atoms with Crippen molar-refractivity contribution in [1.82, 2.24) is 4.90 Å². The van der Waals surface area contributed by atoms with Gasteiger partial charge in [0.2, 0.25) is 0 Å². The second kappa shape index (κ2) is 9.92. The van der Waals surface area contributed by atoms with Crippen molar-refractivity contribution in [2.45, 2.75) is 13.1 Å². The van der Waals surface area contributed by atoms with Gasteiger partial charge in [0.05, 0.1) is 7.11 Å². The van der Waals surface area contributed by atoms with Crippen LogP contribution >= 0.6 is 11.6 Å². The molecule has 0 saturated carbocycles. The van der Waals surface area contributed by atoms with Crippen LogP contribution in [0.25, 0.3) is 0 Å². The number of ether oxygens (including phenoxy) is 1. The SMILES string of the molecule is COc1ccc(C[NH+]2CC[NH+](CC(=O)N(C)Cc3ccc(Cl)cc3)CC2)cc1. The standard InChI is InChI=1S/C22H28ClN3O2/c1-24(15-18-3-7-20(23)8-4-18)22(27)17-26-13-11-25(12-14-26)16-19-5-9-21(28-2)10-6-19/h3-10H,11-17H2,1-2H3/p+2. The van der Waals surface area contributed by atoms with E-state index in [1.165, 1.54) is 10.5 Å². The van der Waals surface area contributed by atoms with E-state index < -0.39 is 0 Å². The van der Waals surface area contributed by atoms with Crippen LogP contribution in [0.1, 0.15) is 11.1 Å². The van der Waals surface area contributed by atoms with Crippen molar-refractivity contribution in [1.29, 1.82) is 0 Å². The number of piperazine rings is 1. The van der Waals surface area contributed by atoms with Crippen LogP contribution in [0.3, 0.4) is 0 Å². The molecular formula is C22H30ClN3O2+2. The van der Waals surface area contributed by atoms with Crippen molar-refractivity contribution in [2.24, 2.45) is 0 Å². The van der Waals surface area contributed by atoms with E-state index in [0.717, 1.165) is 49.1 Å². The number of nitrogens with zero attached hydrogens (tertiary/aromatic N) is 1. The minimum Gasteiger partial charge on any atom is -0.497 e. The van der Waals surface area contributed by atoms with Gasteiger partial charge in [0, 0.05) is 24.2 Å². The summed E-state index contributed by atoms with van der Waals surface area (Å²) in [6.07, 6.45) is 0. The minimum atomic E-state index is 0.198. The molecule has 1 aliphatic heterocycles. The number of methoxy groups -OCH3 is 1. The van der Waals surface area contributed by atoms with Gasteiger partial charge in [-0.1, -0.05) is 23.7 Å². The Kier molecular flexibility index (Phi) is 7.31. The molecule has 1 heterocycles. The quantitative estimate of drug-likeness (QED) is 0.697. The van der Waals surface area contributed by atoms with E-state index in [1.807, 2.05) is 48.3 Å². The molecule has 0 spiro atoms. The zero-order valence-corrected chi connectivity index (χ0v) is 17.5. The molecule has 0 bridgehead atoms. The molecule has 150 valence electrons.